The summed E-state index contributed by atoms with van der Waals surface area (Å²) in [5.74, 6) is -5.42. The van der Waals surface area contributed by atoms with Crippen molar-refractivity contribution < 1.29 is 100 Å². The molecule has 1 aromatic rings. The van der Waals surface area contributed by atoms with Crippen LogP contribution < -0.4 is 26.6 Å². The number of benzene rings is 1. The molecule has 11 fully saturated rings. The van der Waals surface area contributed by atoms with Crippen molar-refractivity contribution in [2.24, 2.45) is 17.8 Å². The van der Waals surface area contributed by atoms with Crippen molar-refractivity contribution >= 4 is 52.9 Å². The zero-order chi connectivity index (χ0) is 71.6. The monoisotopic (exact) mass is 1430 g/mol. The molecule has 12 heterocycles. The Morgan fingerprint density at radius 2 is 1.36 bits per heavy atom. The summed E-state index contributed by atoms with van der Waals surface area (Å²) < 4.78 is 72.5. The van der Waals surface area contributed by atoms with Crippen LogP contribution in [0.3, 0.4) is 0 Å². The third kappa shape index (κ3) is 19.1. The van der Waals surface area contributed by atoms with E-state index in [1.54, 1.807) is 42.3 Å². The first kappa shape index (κ1) is 75.4. The van der Waals surface area contributed by atoms with E-state index >= 15 is 0 Å². The minimum atomic E-state index is -1.17. The molecule has 1 aromatic carbocycles. The maximum absolute atomic E-state index is 14.6. The molecule has 0 aliphatic carbocycles. The number of carbonyl (C=O) groups excluding carboxylic acids is 9. The summed E-state index contributed by atoms with van der Waals surface area (Å²) in [6.45, 7) is 11.2. The van der Waals surface area contributed by atoms with E-state index in [0.29, 0.717) is 83.0 Å². The molecule has 6 N–H and O–H groups in total. The van der Waals surface area contributed by atoms with Crippen LogP contribution in [0, 0.1) is 17.8 Å². The topological polar surface area (TPSA) is 342 Å². The quantitative estimate of drug-likeness (QED) is 0.0487. The minimum Gasteiger partial charge on any atom is -0.391 e. The number of rotatable bonds is 24. The van der Waals surface area contributed by atoms with Gasteiger partial charge in [-0.1, -0.05) is 56.8 Å². The maximum Gasteiger partial charge on any atom is 0.253 e. The van der Waals surface area contributed by atoms with Crippen LogP contribution in [0.25, 0.3) is 0 Å². The normalized spacial score (nSPS) is 34.9. The number of hydrogen-bond donors (Lipinski definition) is 6. The van der Waals surface area contributed by atoms with Gasteiger partial charge in [0.05, 0.1) is 126 Å². The van der Waals surface area contributed by atoms with E-state index in [1.165, 1.54) is 17.1 Å². The molecule has 28 nitrogen and oxygen atoms in total. The van der Waals surface area contributed by atoms with Crippen molar-refractivity contribution in [2.75, 3.05) is 85.9 Å². The molecular weight excluding hydrogens is 1320 g/mol. The van der Waals surface area contributed by atoms with Crippen LogP contribution in [0.15, 0.2) is 66.8 Å². The number of hydrogen-bond acceptors (Lipinski definition) is 22. The van der Waals surface area contributed by atoms with Crippen molar-refractivity contribution in [3.63, 3.8) is 0 Å². The molecule has 0 radical (unpaired) electrons. The number of Topliss-reactive ketones (excluding diaryl/α,β-unsaturated/α-hetero) is 2. The zero-order valence-electron chi connectivity index (χ0n) is 58.7. The van der Waals surface area contributed by atoms with E-state index < -0.39 is 116 Å². The van der Waals surface area contributed by atoms with Crippen LogP contribution in [0.1, 0.15) is 122 Å². The molecule has 560 valence electrons. The van der Waals surface area contributed by atoms with E-state index in [2.05, 4.69) is 46.7 Å². The Hall–Kier alpha value is -6.25. The highest BCUT2D eigenvalue weighted by Crippen LogP contribution is 2.55. The van der Waals surface area contributed by atoms with Crippen molar-refractivity contribution in [1.82, 2.24) is 36.4 Å². The SMILES string of the molecule is C=C1C[C@@H]2CC[C@@]34C[C@H]5OC6C(O[C@H]7CC[C@H](CC(=O)C[C@@H]8[C@@H](OC)[C@@H](C[C@H](O)CNC(=O)CNC(=O)[C@H](Cc9ccccc9)NC(=O)CNC(=O)CNC(=O)CN9CCOCC(C(=O)CCCCCN%10C(=O)C=CC%10=O)COCC9)O[C@H]8C[C@H]8O[C@@H](CC[C@@H]1O2)C[C@@H](C)C8=C)O[C@@H]7[C@@H]6O3)[C@H]5O4. The van der Waals surface area contributed by atoms with Gasteiger partial charge in [-0.15, -0.1) is 0 Å². The lowest BCUT2D eigenvalue weighted by Gasteiger charge is -2.47. The molecule has 20 atom stereocenters. The minimum absolute atomic E-state index is 0.00444. The highest BCUT2D eigenvalue weighted by atomic mass is 16.8. The van der Waals surface area contributed by atoms with E-state index in [1.807, 2.05) is 0 Å². The number of nitrogens with one attached hydrogen (secondary N) is 5. The Labute approximate surface area is 595 Å². The summed E-state index contributed by atoms with van der Waals surface area (Å²) in [6, 6.07) is 7.73. The molecule has 102 heavy (non-hydrogen) atoms. The third-order valence-corrected chi connectivity index (χ3v) is 22.3. The number of ether oxygens (including phenoxy) is 11. The predicted molar refractivity (Wildman–Crippen MR) is 362 cm³/mol. The Morgan fingerprint density at radius 1 is 0.676 bits per heavy atom. The number of imide groups is 1. The van der Waals surface area contributed by atoms with E-state index in [0.717, 1.165) is 43.3 Å². The molecule has 12 aliphatic heterocycles. The number of unbranched alkanes of at least 4 members (excludes halogenated alkanes) is 2. The second-order valence-corrected chi connectivity index (χ2v) is 29.6. The van der Waals surface area contributed by atoms with Crippen molar-refractivity contribution in [3.05, 3.63) is 72.4 Å². The highest BCUT2D eigenvalue weighted by molar-refractivity contribution is 6.12. The first-order chi connectivity index (χ1) is 49.2. The van der Waals surface area contributed by atoms with Gasteiger partial charge in [-0.2, -0.15) is 0 Å². The molecule has 7 amide bonds. The van der Waals surface area contributed by atoms with Crippen LogP contribution in [-0.4, -0.2) is 263 Å². The summed E-state index contributed by atoms with van der Waals surface area (Å²) in [5, 5.41) is 24.6. The molecule has 11 saturated heterocycles. The summed E-state index contributed by atoms with van der Waals surface area (Å²) >= 11 is 0. The number of nitrogens with zero attached hydrogens (tertiary/aromatic N) is 2. The Bertz CT molecular complexity index is 3200. The molecule has 0 saturated carbocycles. The lowest BCUT2D eigenvalue weighted by atomic mass is 9.81. The van der Waals surface area contributed by atoms with Gasteiger partial charge < -0.3 is 83.8 Å². The molecule has 28 heteroatoms. The molecule has 2 unspecified atom stereocenters. The number of amides is 7. The van der Waals surface area contributed by atoms with Gasteiger partial charge >= 0.3 is 0 Å². The second-order valence-electron chi connectivity index (χ2n) is 29.6. The highest BCUT2D eigenvalue weighted by Gasteiger charge is 2.69. The molecular formula is C74H103N7O21. The number of methoxy groups -OCH3 is 1. The molecule has 13 rings (SSSR count). The third-order valence-electron chi connectivity index (χ3n) is 22.3. The van der Waals surface area contributed by atoms with Gasteiger partial charge in [0.15, 0.2) is 5.79 Å². The van der Waals surface area contributed by atoms with Crippen LogP contribution in [0.5, 0.6) is 0 Å². The van der Waals surface area contributed by atoms with Gasteiger partial charge in [-0.05, 0) is 80.4 Å². The molecule has 1 spiro atoms. The van der Waals surface area contributed by atoms with E-state index in [4.69, 9.17) is 52.1 Å². The summed E-state index contributed by atoms with van der Waals surface area (Å²) in [6.07, 6.45) is 5.55. The van der Waals surface area contributed by atoms with Crippen molar-refractivity contribution in [3.8, 4) is 0 Å². The Kier molecular flexibility index (Phi) is 25.7. The van der Waals surface area contributed by atoms with Crippen LogP contribution in [-0.2, 0) is 102 Å². The van der Waals surface area contributed by atoms with Gasteiger partial charge in [0.2, 0.25) is 29.5 Å². The lowest BCUT2D eigenvalue weighted by molar-refractivity contribution is -0.292. The molecule has 12 bridgehead atoms. The maximum atomic E-state index is 14.6. The first-order valence-electron chi connectivity index (χ1n) is 37.0. The second kappa shape index (κ2) is 34.8. The van der Waals surface area contributed by atoms with Gasteiger partial charge in [-0.3, -0.25) is 53.0 Å². The Morgan fingerprint density at radius 3 is 2.14 bits per heavy atom. The van der Waals surface area contributed by atoms with Crippen LogP contribution in [0.2, 0.25) is 0 Å². The fraction of sp³-hybridized carbons (Fsp3) is 0.716. The first-order valence-corrected chi connectivity index (χ1v) is 37.0. The fourth-order valence-corrected chi connectivity index (χ4v) is 16.8. The largest absolute Gasteiger partial charge is 0.391 e. The average molecular weight is 1430 g/mol. The number of ketones is 2. The Balaban J connectivity index is 0.593. The standard InChI is InChI=1S/C74H103N7O21/c1-42-27-49-14-16-55-43(2)28-51(95-55)20-21-74-34-60-69(101-74)70-71(100-60)72(102-74)68-56(99-70)17-15-50(97-68)30-47(82)31-52-58(33-57(96-49)44(42)3)98-59(67(52)92-4)32-48(83)35-75-62(86)37-78-73(91)53(29-45-11-7-5-8-12-45)79-63(87)38-76-61(85)36-77-64(88)39-80-23-25-93-40-46(41-94-26-24-80)54(84)13-9-6-10-22-81-65(89)18-19-66(81)90/h5,7-8,11-12,18-19,42,46,48-53,55-60,67-72,83H,2-3,6,9-10,13-17,20-41H2,1,4H3,(H,75,86)(H,76,85)(H,77,88)(H,78,91)(H,79,87)/t42-,48+,49+,50-,51+,52+,53+,55+,56+,57-,58+,59-,60-,67-,68+,69+,70?,71?,72+,74+/m1/s1. The van der Waals surface area contributed by atoms with Gasteiger partial charge in [-0.25, -0.2) is 0 Å². The van der Waals surface area contributed by atoms with E-state index in [9.17, 15) is 48.3 Å². The van der Waals surface area contributed by atoms with E-state index in [-0.39, 0.29) is 149 Å². The van der Waals surface area contributed by atoms with Crippen molar-refractivity contribution in [1.29, 1.82) is 0 Å². The molecule has 0 aromatic heterocycles. The summed E-state index contributed by atoms with van der Waals surface area (Å²) in [5.41, 5.74) is 2.72. The van der Waals surface area contributed by atoms with Gasteiger partial charge in [0, 0.05) is 103 Å². The van der Waals surface area contributed by atoms with Crippen LogP contribution in [0.4, 0.5) is 0 Å². The average Bonchev–Trinajstić information content (AvgIpc) is 1.50. The summed E-state index contributed by atoms with van der Waals surface area (Å²) in [4.78, 5) is 121. The predicted octanol–water partition coefficient (Wildman–Crippen LogP) is 1.69. The number of carbonyl (C=O) groups is 9. The van der Waals surface area contributed by atoms with Crippen LogP contribution >= 0.6 is 0 Å². The summed E-state index contributed by atoms with van der Waals surface area (Å²) in [7, 11) is 1.57. The number of aliphatic hydroxyl groups excluding tert-OH is 1. The zero-order valence-corrected chi connectivity index (χ0v) is 58.7. The van der Waals surface area contributed by atoms with Gasteiger partial charge in [0.1, 0.15) is 48.1 Å². The fourth-order valence-electron chi connectivity index (χ4n) is 16.8. The van der Waals surface area contributed by atoms with Gasteiger partial charge in [0.25, 0.3) is 11.8 Å². The van der Waals surface area contributed by atoms with Crippen molar-refractivity contribution in [2.45, 2.75) is 232 Å². The number of aliphatic hydroxyl groups is 1. The number of fused-ring (bicyclic) bond motifs is 6. The lowest BCUT2D eigenvalue weighted by Crippen LogP contribution is -2.61. The smallest absolute Gasteiger partial charge is 0.253 e. The molecule has 12 aliphatic rings.